The van der Waals surface area contributed by atoms with E-state index in [4.69, 9.17) is 0 Å². The number of rotatable bonds is 1. The van der Waals surface area contributed by atoms with Crippen molar-refractivity contribution in [2.24, 2.45) is 13.0 Å². The van der Waals surface area contributed by atoms with Crippen molar-refractivity contribution in [3.63, 3.8) is 0 Å². The van der Waals surface area contributed by atoms with E-state index in [1.165, 1.54) is 11.3 Å². The van der Waals surface area contributed by atoms with Crippen LogP contribution >= 0.6 is 0 Å². The number of hydrogen-bond donors (Lipinski definition) is 1. The topological polar surface area (TPSA) is 75.5 Å². The summed E-state index contributed by atoms with van der Waals surface area (Å²) in [7, 11) is 1.90. The number of aromatic nitrogens is 6. The first-order valence-corrected chi connectivity index (χ1v) is 7.11. The smallest absolute Gasteiger partial charge is 0.163 e. The van der Waals surface area contributed by atoms with Crippen LogP contribution in [-0.4, -0.2) is 36.5 Å². The Morgan fingerprint density at radius 1 is 1.29 bits per heavy atom. The molecule has 3 aromatic rings. The zero-order valence-corrected chi connectivity index (χ0v) is 12.1. The SMILES string of the molecule is CC1Cc2[nH]ncc2CN(c2ncnc3c2cnn3C)C1. The predicted octanol–water partition coefficient (Wildman–Crippen LogP) is 1.29. The molecule has 0 spiro atoms. The molecule has 0 aliphatic carbocycles. The number of nitrogens with one attached hydrogen (secondary N) is 1. The van der Waals surface area contributed by atoms with Gasteiger partial charge in [0.05, 0.1) is 17.8 Å². The number of nitrogens with zero attached hydrogens (tertiary/aromatic N) is 6. The second-order valence-electron chi connectivity index (χ2n) is 5.77. The van der Waals surface area contributed by atoms with E-state index in [-0.39, 0.29) is 0 Å². The molecule has 0 saturated heterocycles. The van der Waals surface area contributed by atoms with Gasteiger partial charge in [-0.3, -0.25) is 9.78 Å². The van der Waals surface area contributed by atoms with Crippen LogP contribution in [0.4, 0.5) is 5.82 Å². The molecule has 3 aromatic heterocycles. The molecule has 0 aromatic carbocycles. The summed E-state index contributed by atoms with van der Waals surface area (Å²) >= 11 is 0. The van der Waals surface area contributed by atoms with Crippen LogP contribution in [0.15, 0.2) is 18.7 Å². The molecule has 0 bridgehead atoms. The zero-order chi connectivity index (χ0) is 14.4. The van der Waals surface area contributed by atoms with E-state index in [9.17, 15) is 0 Å². The van der Waals surface area contributed by atoms with Crippen molar-refractivity contribution in [1.29, 1.82) is 0 Å². The van der Waals surface area contributed by atoms with Crippen molar-refractivity contribution in [2.75, 3.05) is 11.4 Å². The summed E-state index contributed by atoms with van der Waals surface area (Å²) in [6, 6.07) is 0. The fourth-order valence-corrected chi connectivity index (χ4v) is 3.07. The fraction of sp³-hybridized carbons (Fsp3) is 0.429. The van der Waals surface area contributed by atoms with Crippen molar-refractivity contribution in [2.45, 2.75) is 19.9 Å². The largest absolute Gasteiger partial charge is 0.351 e. The van der Waals surface area contributed by atoms with E-state index in [0.717, 1.165) is 36.4 Å². The average Bonchev–Trinajstić information content (AvgIpc) is 3.02. The molecular weight excluding hydrogens is 266 g/mol. The average molecular weight is 283 g/mol. The number of aryl methyl sites for hydroxylation is 1. The normalized spacial score (nSPS) is 18.8. The first-order chi connectivity index (χ1) is 10.2. The van der Waals surface area contributed by atoms with Crippen molar-refractivity contribution in [3.05, 3.63) is 30.0 Å². The molecule has 1 aliphatic rings. The molecule has 1 unspecified atom stereocenters. The van der Waals surface area contributed by atoms with Crippen LogP contribution in [0.1, 0.15) is 18.2 Å². The van der Waals surface area contributed by atoms with Gasteiger partial charge >= 0.3 is 0 Å². The van der Waals surface area contributed by atoms with Crippen LogP contribution in [0.2, 0.25) is 0 Å². The lowest BCUT2D eigenvalue weighted by molar-refractivity contribution is 0.566. The molecule has 0 amide bonds. The lowest BCUT2D eigenvalue weighted by Crippen LogP contribution is -2.27. The molecular formula is C14H17N7. The quantitative estimate of drug-likeness (QED) is 0.728. The third kappa shape index (κ3) is 1.96. The fourth-order valence-electron chi connectivity index (χ4n) is 3.07. The number of hydrogen-bond acceptors (Lipinski definition) is 5. The summed E-state index contributed by atoms with van der Waals surface area (Å²) in [5.74, 6) is 1.49. The van der Waals surface area contributed by atoms with Gasteiger partial charge in [-0.2, -0.15) is 10.2 Å². The minimum atomic E-state index is 0.536. The summed E-state index contributed by atoms with van der Waals surface area (Å²) in [6.07, 6.45) is 6.40. The summed E-state index contributed by atoms with van der Waals surface area (Å²) in [6.45, 7) is 4.03. The van der Waals surface area contributed by atoms with Crippen LogP contribution in [0.3, 0.4) is 0 Å². The van der Waals surface area contributed by atoms with E-state index in [2.05, 4.69) is 37.1 Å². The molecule has 0 radical (unpaired) electrons. The van der Waals surface area contributed by atoms with Crippen molar-refractivity contribution >= 4 is 16.9 Å². The maximum Gasteiger partial charge on any atom is 0.163 e. The van der Waals surface area contributed by atoms with E-state index < -0.39 is 0 Å². The van der Waals surface area contributed by atoms with Gasteiger partial charge in [-0.15, -0.1) is 0 Å². The molecule has 0 fully saturated rings. The van der Waals surface area contributed by atoms with E-state index in [1.54, 1.807) is 11.0 Å². The lowest BCUT2D eigenvalue weighted by atomic mass is 10.1. The molecule has 108 valence electrons. The Balaban J connectivity index is 1.81. The summed E-state index contributed by atoms with van der Waals surface area (Å²) in [5, 5.41) is 12.6. The van der Waals surface area contributed by atoms with Crippen LogP contribution < -0.4 is 4.90 Å². The molecule has 1 N–H and O–H groups in total. The van der Waals surface area contributed by atoms with Crippen LogP contribution in [0.5, 0.6) is 0 Å². The molecule has 4 heterocycles. The molecule has 4 rings (SSSR count). The Labute approximate surface area is 122 Å². The van der Waals surface area contributed by atoms with Crippen LogP contribution in [-0.2, 0) is 20.0 Å². The van der Waals surface area contributed by atoms with Crippen molar-refractivity contribution < 1.29 is 0 Å². The molecule has 21 heavy (non-hydrogen) atoms. The van der Waals surface area contributed by atoms with Gasteiger partial charge in [-0.25, -0.2) is 9.97 Å². The Kier molecular flexibility index (Phi) is 2.66. The Hall–Kier alpha value is -2.44. The van der Waals surface area contributed by atoms with E-state index in [0.29, 0.717) is 5.92 Å². The molecule has 7 heteroatoms. The van der Waals surface area contributed by atoms with E-state index >= 15 is 0 Å². The molecule has 1 atom stereocenters. The first kappa shape index (κ1) is 12.3. The molecule has 1 aliphatic heterocycles. The van der Waals surface area contributed by atoms with Gasteiger partial charge < -0.3 is 4.90 Å². The van der Waals surface area contributed by atoms with Crippen molar-refractivity contribution in [1.82, 2.24) is 29.9 Å². The highest BCUT2D eigenvalue weighted by Crippen LogP contribution is 2.28. The third-order valence-electron chi connectivity index (χ3n) is 4.06. The number of anilines is 1. The first-order valence-electron chi connectivity index (χ1n) is 7.11. The standard InChI is InChI=1S/C14H17N7/c1-9-3-12-10(4-17-19-12)7-21(6-9)14-11-5-18-20(2)13(11)15-8-16-14/h4-5,8-9H,3,6-7H2,1-2H3,(H,17,19). The summed E-state index contributed by atoms with van der Waals surface area (Å²) in [4.78, 5) is 11.1. The highest BCUT2D eigenvalue weighted by Gasteiger charge is 2.23. The zero-order valence-electron chi connectivity index (χ0n) is 12.1. The maximum atomic E-state index is 4.51. The second kappa shape index (κ2) is 4.54. The second-order valence-corrected chi connectivity index (χ2v) is 5.77. The summed E-state index contributed by atoms with van der Waals surface area (Å²) in [5.41, 5.74) is 3.35. The van der Waals surface area contributed by atoms with Gasteiger partial charge in [0.25, 0.3) is 0 Å². The van der Waals surface area contributed by atoms with Crippen molar-refractivity contribution in [3.8, 4) is 0 Å². The van der Waals surface area contributed by atoms with Crippen LogP contribution in [0, 0.1) is 5.92 Å². The van der Waals surface area contributed by atoms with Gasteiger partial charge in [0.15, 0.2) is 5.65 Å². The lowest BCUT2D eigenvalue weighted by Gasteiger charge is -2.24. The number of H-pyrrole nitrogens is 1. The Bertz CT molecular complexity index is 788. The highest BCUT2D eigenvalue weighted by atomic mass is 15.3. The number of fused-ring (bicyclic) bond motifs is 2. The number of aromatic amines is 1. The van der Waals surface area contributed by atoms with Gasteiger partial charge in [-0.05, 0) is 12.3 Å². The Morgan fingerprint density at radius 3 is 3.10 bits per heavy atom. The van der Waals surface area contributed by atoms with Gasteiger partial charge in [0, 0.05) is 31.4 Å². The molecule has 7 nitrogen and oxygen atoms in total. The van der Waals surface area contributed by atoms with Gasteiger partial charge in [0.2, 0.25) is 0 Å². The Morgan fingerprint density at radius 2 is 2.19 bits per heavy atom. The predicted molar refractivity (Wildman–Crippen MR) is 78.8 cm³/mol. The highest BCUT2D eigenvalue weighted by molar-refractivity contribution is 5.86. The minimum Gasteiger partial charge on any atom is -0.351 e. The van der Waals surface area contributed by atoms with Crippen LogP contribution in [0.25, 0.3) is 11.0 Å². The third-order valence-corrected chi connectivity index (χ3v) is 4.06. The minimum absolute atomic E-state index is 0.536. The van der Waals surface area contributed by atoms with E-state index in [1.807, 2.05) is 19.4 Å². The monoisotopic (exact) mass is 283 g/mol. The maximum absolute atomic E-state index is 4.51. The molecule has 0 saturated carbocycles. The summed E-state index contributed by atoms with van der Waals surface area (Å²) < 4.78 is 1.78. The van der Waals surface area contributed by atoms with Gasteiger partial charge in [0.1, 0.15) is 12.1 Å². The van der Waals surface area contributed by atoms with Gasteiger partial charge in [-0.1, -0.05) is 6.92 Å².